The third kappa shape index (κ3) is 6.30. The van der Waals surface area contributed by atoms with Crippen LogP contribution >= 0.6 is 0 Å². The SMILES string of the molecule is CCCCCc1nc(C)c(Cc2cccc(C(=O)O)c2)c(=O)n1Cc1ccc(-c2ccccc2-c2nn[nH]n2)cc1. The normalized spacial score (nSPS) is 11.1. The lowest BCUT2D eigenvalue weighted by Gasteiger charge is -2.17. The van der Waals surface area contributed by atoms with E-state index in [2.05, 4.69) is 27.5 Å². The van der Waals surface area contributed by atoms with Crippen LogP contribution < -0.4 is 5.56 Å². The van der Waals surface area contributed by atoms with Gasteiger partial charge in [0, 0.05) is 29.7 Å². The Morgan fingerprint density at radius 2 is 1.73 bits per heavy atom. The van der Waals surface area contributed by atoms with Crippen LogP contribution in [0.4, 0.5) is 0 Å². The van der Waals surface area contributed by atoms with Crippen LogP contribution in [-0.2, 0) is 19.4 Å². The number of aromatic carboxylic acids is 1. The molecule has 9 nitrogen and oxygen atoms in total. The number of hydrogen-bond acceptors (Lipinski definition) is 6. The van der Waals surface area contributed by atoms with Crippen molar-refractivity contribution in [3.63, 3.8) is 0 Å². The van der Waals surface area contributed by atoms with Crippen molar-refractivity contribution in [2.45, 2.75) is 52.5 Å². The Labute approximate surface area is 237 Å². The number of nitrogens with one attached hydrogen (secondary N) is 1. The maximum atomic E-state index is 13.9. The lowest BCUT2D eigenvalue weighted by Crippen LogP contribution is -2.30. The van der Waals surface area contributed by atoms with Crippen molar-refractivity contribution >= 4 is 5.97 Å². The molecule has 0 spiro atoms. The molecule has 0 saturated heterocycles. The molecular formula is C32H32N6O3. The number of rotatable bonds is 11. The minimum Gasteiger partial charge on any atom is -0.478 e. The molecule has 5 aromatic rings. The lowest BCUT2D eigenvalue weighted by atomic mass is 9.98. The molecule has 0 bridgehead atoms. The fourth-order valence-electron chi connectivity index (χ4n) is 5.04. The standard InChI is InChI=1S/C32H32N6O3/c1-3-4-5-13-29-33-21(2)28(19-23-9-8-10-25(18-23)32(40)41)31(39)38(29)20-22-14-16-24(17-15-22)26-11-6-7-12-27(26)30-34-36-37-35-30/h6-12,14-18H,3-5,13,19-20H2,1-2H3,(H,40,41)(H,34,35,36,37). The quantitative estimate of drug-likeness (QED) is 0.210. The molecule has 41 heavy (non-hydrogen) atoms. The number of carboxylic acid groups (broad SMARTS) is 1. The van der Waals surface area contributed by atoms with Gasteiger partial charge in [-0.2, -0.15) is 5.21 Å². The van der Waals surface area contributed by atoms with Crippen molar-refractivity contribution in [1.29, 1.82) is 0 Å². The first-order valence-electron chi connectivity index (χ1n) is 13.8. The van der Waals surface area contributed by atoms with E-state index in [1.807, 2.05) is 61.5 Å². The number of carboxylic acids is 1. The molecule has 208 valence electrons. The molecule has 0 fully saturated rings. The maximum absolute atomic E-state index is 13.9. The molecule has 0 atom stereocenters. The highest BCUT2D eigenvalue weighted by molar-refractivity contribution is 5.87. The minimum atomic E-state index is -0.992. The van der Waals surface area contributed by atoms with Gasteiger partial charge in [0.15, 0.2) is 0 Å². The molecule has 0 saturated carbocycles. The van der Waals surface area contributed by atoms with E-state index in [-0.39, 0.29) is 11.1 Å². The van der Waals surface area contributed by atoms with Crippen LogP contribution in [0, 0.1) is 6.92 Å². The van der Waals surface area contributed by atoms with E-state index in [1.165, 1.54) is 0 Å². The van der Waals surface area contributed by atoms with E-state index in [0.717, 1.165) is 59.3 Å². The molecule has 0 unspecified atom stereocenters. The summed E-state index contributed by atoms with van der Waals surface area (Å²) in [5, 5.41) is 23.9. The highest BCUT2D eigenvalue weighted by Crippen LogP contribution is 2.30. The topological polar surface area (TPSA) is 127 Å². The zero-order valence-corrected chi connectivity index (χ0v) is 23.2. The summed E-state index contributed by atoms with van der Waals surface area (Å²) >= 11 is 0. The third-order valence-electron chi connectivity index (χ3n) is 7.23. The predicted molar refractivity (Wildman–Crippen MR) is 157 cm³/mol. The fourth-order valence-corrected chi connectivity index (χ4v) is 5.04. The van der Waals surface area contributed by atoms with Gasteiger partial charge in [-0.05, 0) is 52.9 Å². The number of benzene rings is 3. The van der Waals surface area contributed by atoms with Gasteiger partial charge >= 0.3 is 5.97 Å². The average Bonchev–Trinajstić information content (AvgIpc) is 3.53. The summed E-state index contributed by atoms with van der Waals surface area (Å²) in [6.07, 6.45) is 4.13. The number of tetrazole rings is 1. The Balaban J connectivity index is 1.48. The number of unbranched alkanes of at least 4 members (excludes halogenated alkanes) is 2. The second-order valence-electron chi connectivity index (χ2n) is 10.1. The molecule has 5 rings (SSSR count). The summed E-state index contributed by atoms with van der Waals surface area (Å²) < 4.78 is 1.78. The van der Waals surface area contributed by atoms with Gasteiger partial charge in [-0.3, -0.25) is 9.36 Å². The van der Waals surface area contributed by atoms with Crippen LogP contribution in [0.5, 0.6) is 0 Å². The van der Waals surface area contributed by atoms with Crippen molar-refractivity contribution in [2.24, 2.45) is 0 Å². The number of carbonyl (C=O) groups is 1. The van der Waals surface area contributed by atoms with Gasteiger partial charge in [0.2, 0.25) is 5.82 Å². The van der Waals surface area contributed by atoms with Crippen molar-refractivity contribution < 1.29 is 9.90 Å². The fraction of sp³-hybridized carbons (Fsp3) is 0.250. The zero-order chi connectivity index (χ0) is 28.8. The zero-order valence-electron chi connectivity index (χ0n) is 23.2. The van der Waals surface area contributed by atoms with Crippen molar-refractivity contribution in [3.05, 3.63) is 117 Å². The van der Waals surface area contributed by atoms with Crippen LogP contribution in [0.1, 0.15) is 64.8 Å². The van der Waals surface area contributed by atoms with Gasteiger partial charge in [0.25, 0.3) is 5.56 Å². The number of H-pyrrole nitrogens is 1. The molecular weight excluding hydrogens is 516 g/mol. The number of aromatic nitrogens is 6. The van der Waals surface area contributed by atoms with Gasteiger partial charge in [0.05, 0.1) is 12.1 Å². The molecule has 0 amide bonds. The molecule has 0 aliphatic rings. The largest absolute Gasteiger partial charge is 0.478 e. The van der Waals surface area contributed by atoms with E-state index in [4.69, 9.17) is 4.98 Å². The molecule has 0 aliphatic carbocycles. The van der Waals surface area contributed by atoms with Gasteiger partial charge in [-0.25, -0.2) is 9.78 Å². The Hall–Kier alpha value is -4.92. The van der Waals surface area contributed by atoms with Gasteiger partial charge in [-0.1, -0.05) is 80.4 Å². The van der Waals surface area contributed by atoms with Crippen LogP contribution in [0.25, 0.3) is 22.5 Å². The second kappa shape index (κ2) is 12.5. The Kier molecular flexibility index (Phi) is 8.43. The summed E-state index contributed by atoms with van der Waals surface area (Å²) in [6.45, 7) is 4.41. The van der Waals surface area contributed by atoms with Crippen LogP contribution in [0.15, 0.2) is 77.6 Å². The highest BCUT2D eigenvalue weighted by atomic mass is 16.4. The smallest absolute Gasteiger partial charge is 0.335 e. The number of nitrogens with zero attached hydrogens (tertiary/aromatic N) is 5. The van der Waals surface area contributed by atoms with Crippen molar-refractivity contribution in [3.8, 4) is 22.5 Å². The first-order valence-corrected chi connectivity index (χ1v) is 13.8. The monoisotopic (exact) mass is 548 g/mol. The van der Waals surface area contributed by atoms with Crippen molar-refractivity contribution in [1.82, 2.24) is 30.2 Å². The molecule has 9 heteroatoms. The number of hydrogen-bond donors (Lipinski definition) is 2. The highest BCUT2D eigenvalue weighted by Gasteiger charge is 2.17. The molecule has 2 heterocycles. The first kappa shape index (κ1) is 27.6. The van der Waals surface area contributed by atoms with E-state index in [9.17, 15) is 14.7 Å². The van der Waals surface area contributed by atoms with Crippen LogP contribution in [0.2, 0.25) is 0 Å². The Bertz CT molecular complexity index is 1710. The molecule has 0 radical (unpaired) electrons. The van der Waals surface area contributed by atoms with Crippen molar-refractivity contribution in [2.75, 3.05) is 0 Å². The molecule has 3 aromatic carbocycles. The average molecular weight is 549 g/mol. The minimum absolute atomic E-state index is 0.0868. The molecule has 0 aliphatic heterocycles. The maximum Gasteiger partial charge on any atom is 0.335 e. The summed E-state index contributed by atoms with van der Waals surface area (Å²) in [4.78, 5) is 30.3. The second-order valence-corrected chi connectivity index (χ2v) is 10.1. The Morgan fingerprint density at radius 3 is 2.44 bits per heavy atom. The predicted octanol–water partition coefficient (Wildman–Crippen LogP) is 5.47. The van der Waals surface area contributed by atoms with Gasteiger partial charge in [0.1, 0.15) is 5.82 Å². The van der Waals surface area contributed by atoms with E-state index in [0.29, 0.717) is 30.0 Å². The van der Waals surface area contributed by atoms with Crippen LogP contribution in [-0.4, -0.2) is 41.3 Å². The Morgan fingerprint density at radius 1 is 0.951 bits per heavy atom. The summed E-state index contributed by atoms with van der Waals surface area (Å²) in [6, 6.07) is 22.7. The number of aryl methyl sites for hydroxylation is 2. The third-order valence-corrected chi connectivity index (χ3v) is 7.23. The van der Waals surface area contributed by atoms with E-state index >= 15 is 0 Å². The summed E-state index contributed by atoms with van der Waals surface area (Å²) in [7, 11) is 0. The van der Waals surface area contributed by atoms with Gasteiger partial charge < -0.3 is 5.11 Å². The summed E-state index contributed by atoms with van der Waals surface area (Å²) in [5.74, 6) is 0.310. The number of aromatic amines is 1. The first-order chi connectivity index (χ1) is 19.9. The molecule has 2 N–H and O–H groups in total. The molecule has 2 aromatic heterocycles. The lowest BCUT2D eigenvalue weighted by molar-refractivity contribution is 0.0696. The summed E-state index contributed by atoms with van der Waals surface area (Å²) in [5.41, 5.74) is 6.00. The van der Waals surface area contributed by atoms with E-state index in [1.54, 1.807) is 22.8 Å². The van der Waals surface area contributed by atoms with Gasteiger partial charge in [-0.15, -0.1) is 10.2 Å². The van der Waals surface area contributed by atoms with E-state index < -0.39 is 5.97 Å². The van der Waals surface area contributed by atoms with Crippen LogP contribution in [0.3, 0.4) is 0 Å².